The second-order valence-electron chi connectivity index (χ2n) is 24.4. The number of aryl methyl sites for hydroxylation is 2. The van der Waals surface area contributed by atoms with Gasteiger partial charge in [-0.25, -0.2) is 15.8 Å². The Balaban J connectivity index is 0.000000451. The Bertz CT molecular complexity index is 4220. The molecule has 6 aromatic carbocycles. The highest BCUT2D eigenvalue weighted by molar-refractivity contribution is 6.15. The SMILES string of the molecule is CCCCC(=O)NN.CCCCC(=O)O.CCCCC(=O)OCC.CCCCC1=NN=C(c2ccc(CC(=O)Cc3ccccc3C(F)(F)F)cc2)C1.CCCCc1nc(-c2ccc(N)cc2)n[nH]1.CCCCc1nc(-c2ccc([N+](=O)[O-])cc2)n[nH]1.COC(=N)c1ccc([N+](=O)[O-])cc1.N#Cc1ccc([N+](=O)[O-])cc1. The van der Waals surface area contributed by atoms with Crippen LogP contribution in [0.5, 0.6) is 0 Å². The van der Waals surface area contributed by atoms with Gasteiger partial charge in [0.05, 0.1) is 51.4 Å². The van der Waals surface area contributed by atoms with Crippen molar-refractivity contribution in [3.63, 3.8) is 0 Å². The second-order valence-corrected chi connectivity index (χ2v) is 24.4. The van der Waals surface area contributed by atoms with Crippen LogP contribution in [-0.2, 0) is 60.5 Å². The zero-order valence-corrected chi connectivity index (χ0v) is 64.0. The minimum atomic E-state index is -4.46. The summed E-state index contributed by atoms with van der Waals surface area (Å²) in [7, 11) is 1.38. The summed E-state index contributed by atoms with van der Waals surface area (Å²) in [6, 6.07) is 39.4. The third-order valence-electron chi connectivity index (χ3n) is 15.5. The van der Waals surface area contributed by atoms with Crippen LogP contribution in [0.15, 0.2) is 156 Å². The molecule has 596 valence electrons. The highest BCUT2D eigenvalue weighted by Gasteiger charge is 2.33. The number of benzene rings is 6. The van der Waals surface area contributed by atoms with Crippen molar-refractivity contribution in [1.29, 1.82) is 10.7 Å². The van der Waals surface area contributed by atoms with Gasteiger partial charge in [0.25, 0.3) is 17.1 Å². The van der Waals surface area contributed by atoms with E-state index in [4.69, 9.17) is 32.1 Å². The van der Waals surface area contributed by atoms with E-state index in [2.05, 4.69) is 78.4 Å². The molecule has 0 bridgehead atoms. The highest BCUT2D eigenvalue weighted by Crippen LogP contribution is 2.32. The number of aliphatic carboxylic acids is 1. The van der Waals surface area contributed by atoms with Gasteiger partial charge in [-0.15, -0.1) is 0 Å². The van der Waals surface area contributed by atoms with Crippen LogP contribution in [0.25, 0.3) is 22.8 Å². The van der Waals surface area contributed by atoms with Gasteiger partial charge in [0.2, 0.25) is 11.8 Å². The number of nitrogens with zero attached hydrogens (tertiary/aromatic N) is 10. The summed E-state index contributed by atoms with van der Waals surface area (Å²) in [6.45, 7) is 14.8. The van der Waals surface area contributed by atoms with Crippen LogP contribution in [0.1, 0.15) is 203 Å². The second kappa shape index (κ2) is 54.3. The molecule has 3 heterocycles. The van der Waals surface area contributed by atoms with Gasteiger partial charge in [-0.3, -0.25) is 70.6 Å². The molecule has 29 nitrogen and oxygen atoms in total. The smallest absolute Gasteiger partial charge is 0.416 e. The van der Waals surface area contributed by atoms with Crippen LogP contribution in [0.3, 0.4) is 0 Å². The van der Waals surface area contributed by atoms with Crippen molar-refractivity contribution in [2.24, 2.45) is 16.0 Å². The van der Waals surface area contributed by atoms with Crippen LogP contribution < -0.4 is 17.0 Å². The first-order valence-corrected chi connectivity index (χ1v) is 36.3. The molecule has 0 atom stereocenters. The van der Waals surface area contributed by atoms with Gasteiger partial charge in [0.15, 0.2) is 11.6 Å². The van der Waals surface area contributed by atoms with E-state index in [1.54, 1.807) is 12.1 Å². The van der Waals surface area contributed by atoms with Gasteiger partial charge < -0.3 is 20.3 Å². The number of methoxy groups -OCH3 is 1. The molecule has 1 aliphatic heterocycles. The van der Waals surface area contributed by atoms with Crippen molar-refractivity contribution in [3.8, 4) is 28.8 Å². The number of nitro benzene ring substituents is 3. The van der Waals surface area contributed by atoms with E-state index in [0.717, 1.165) is 166 Å². The van der Waals surface area contributed by atoms with Crippen molar-refractivity contribution in [2.75, 3.05) is 19.5 Å². The standard InChI is InChI=1S/C23H23F3N2O.C12H14N4O2.C12H16N4.C8H8N2O3.C7H4N2O2.C7H14O2.C5H12N2O.C5H10O2/c1-2-3-7-19-15-22(28-27-19)17-11-9-16(10-12-17)13-20(29)14-18-6-4-5-8-21(18)23(24,25)26;1-2-3-4-11-13-12(15-14-11)9-5-7-10(8-6-9)16(17)18;1-2-3-4-11-14-12(16-15-11)9-5-7-10(13)8-6-9;1-13-8(9)6-2-4-7(5-3-6)10(11)12;8-5-6-1-3-7(4-2-6)9(10)11;1-3-5-6-7(8)9-4-2;1-2-3-4-5(8)7-6;1-2-3-4-5(6)7/h4-6,8-12H,2-3,7,13-15H2,1H3;5-8H,2-4H2,1H3,(H,13,14,15);5-8H,2-4,13H2,1H3,(H,14,15,16);2-5,9H,1H3;1-4H;3-6H2,1-2H3;2-4,6H2,1H3,(H,7,8);2-4H2,1H3,(H,6,7). The number of alkyl halides is 3. The maximum atomic E-state index is 13.1. The fourth-order valence-corrected chi connectivity index (χ4v) is 9.27. The number of carbonyl (C=O) groups excluding carboxylic acids is 3. The lowest BCUT2D eigenvalue weighted by Gasteiger charge is -2.12. The number of carboxylic acid groups (broad SMARTS) is 1. The van der Waals surface area contributed by atoms with Gasteiger partial charge in [-0.2, -0.15) is 38.8 Å². The highest BCUT2D eigenvalue weighted by atomic mass is 19.4. The monoisotopic (exact) mass is 1540 g/mol. The molecule has 1 amide bonds. The van der Waals surface area contributed by atoms with Crippen LogP contribution in [0.4, 0.5) is 35.9 Å². The number of nitrogens with two attached hydrogens (primary N) is 2. The first kappa shape index (κ1) is 94.8. The van der Waals surface area contributed by atoms with Crippen molar-refractivity contribution in [3.05, 3.63) is 221 Å². The summed E-state index contributed by atoms with van der Waals surface area (Å²) < 4.78 is 48.6. The van der Waals surface area contributed by atoms with E-state index in [-0.39, 0.29) is 59.0 Å². The molecule has 0 fully saturated rings. The number of H-pyrrole nitrogens is 2. The maximum absolute atomic E-state index is 13.1. The molecule has 0 spiro atoms. The molecule has 9 N–H and O–H groups in total. The maximum Gasteiger partial charge on any atom is 0.416 e. The minimum Gasteiger partial charge on any atom is -0.481 e. The average Bonchev–Trinajstić information content (AvgIpc) is 1.19. The molecule has 0 unspecified atom stereocenters. The quantitative estimate of drug-likeness (QED) is 0.00321. The molecule has 9 rings (SSSR count). The number of non-ortho nitro benzene ring substituents is 3. The van der Waals surface area contributed by atoms with E-state index in [1.165, 1.54) is 86.0 Å². The number of anilines is 1. The number of aromatic amines is 2. The number of unbranched alkanes of at least 4 members (excludes halogenated alkanes) is 6. The number of halogens is 3. The molecular formula is C79H101F3N16O13. The topological polar surface area (TPSA) is 456 Å². The number of ether oxygens (including phenoxy) is 2. The summed E-state index contributed by atoms with van der Waals surface area (Å²) in [6.07, 6.45) is 12.8. The number of nitriles is 1. The Hall–Kier alpha value is -12.3. The number of Topliss-reactive ketones (excluding diaryl/α,β-unsaturated/α-hetero) is 1. The molecule has 8 aromatic rings. The predicted octanol–water partition coefficient (Wildman–Crippen LogP) is 17.1. The van der Waals surface area contributed by atoms with Gasteiger partial charge >= 0.3 is 18.1 Å². The molecule has 32 heteroatoms. The lowest BCUT2D eigenvalue weighted by Crippen LogP contribution is -2.29. The number of rotatable bonds is 30. The van der Waals surface area contributed by atoms with Crippen LogP contribution in [0.2, 0.25) is 0 Å². The minimum absolute atomic E-state index is 0.00370. The number of hydrazine groups is 1. The molecule has 2 aromatic heterocycles. The largest absolute Gasteiger partial charge is 0.481 e. The van der Waals surface area contributed by atoms with Gasteiger partial charge in [-0.05, 0) is 135 Å². The zero-order valence-electron chi connectivity index (χ0n) is 64.0. The first-order valence-electron chi connectivity index (χ1n) is 36.3. The first-order chi connectivity index (χ1) is 53.1. The molecular weight excluding hydrogens is 1440 g/mol. The lowest BCUT2D eigenvalue weighted by molar-refractivity contribution is -0.385. The fourth-order valence-electron chi connectivity index (χ4n) is 9.27. The van der Waals surface area contributed by atoms with Crippen molar-refractivity contribution < 1.29 is 61.7 Å². The molecule has 0 saturated heterocycles. The normalized spacial score (nSPS) is 10.7. The number of carboxylic acids is 1. The fraction of sp³-hybridized carbons (Fsp3) is 0.392. The Morgan fingerprint density at radius 3 is 1.50 bits per heavy atom. The Labute approximate surface area is 643 Å². The molecule has 0 radical (unpaired) electrons. The number of amides is 1. The summed E-state index contributed by atoms with van der Waals surface area (Å²) in [5, 5.41) is 77.2. The summed E-state index contributed by atoms with van der Waals surface area (Å²) in [4.78, 5) is 81.3. The number of hydrogen-bond donors (Lipinski definition) is 7. The third kappa shape index (κ3) is 39.4. The summed E-state index contributed by atoms with van der Waals surface area (Å²) in [5.74, 6) is 6.84. The van der Waals surface area contributed by atoms with Crippen molar-refractivity contribution in [2.45, 2.75) is 189 Å². The lowest BCUT2D eigenvalue weighted by atomic mass is 9.97. The Morgan fingerprint density at radius 1 is 0.604 bits per heavy atom. The molecule has 111 heavy (non-hydrogen) atoms. The molecule has 0 aliphatic carbocycles. The van der Waals surface area contributed by atoms with Crippen LogP contribution >= 0.6 is 0 Å². The number of esters is 1. The third-order valence-corrected chi connectivity index (χ3v) is 15.5. The Morgan fingerprint density at radius 2 is 1.05 bits per heavy atom. The summed E-state index contributed by atoms with van der Waals surface area (Å²) in [5.41, 5.74) is 14.2. The number of nitrogens with one attached hydrogen (secondary N) is 4. The summed E-state index contributed by atoms with van der Waals surface area (Å²) >= 11 is 0. The number of nitro groups is 3. The zero-order chi connectivity index (χ0) is 82.5. The van der Waals surface area contributed by atoms with Gasteiger partial charge in [-0.1, -0.05) is 123 Å². The van der Waals surface area contributed by atoms with Gasteiger partial charge in [0, 0.05) is 116 Å². The average molecular weight is 1540 g/mol. The van der Waals surface area contributed by atoms with Crippen LogP contribution in [-0.4, -0.2) is 105 Å². The van der Waals surface area contributed by atoms with E-state index < -0.39 is 32.5 Å². The number of carbonyl (C=O) groups is 4. The number of nitrogen functional groups attached to an aromatic ring is 1. The van der Waals surface area contributed by atoms with Crippen molar-refractivity contribution in [1.82, 2.24) is 35.8 Å². The molecule has 1 aliphatic rings. The predicted molar refractivity (Wildman–Crippen MR) is 420 cm³/mol. The van der Waals surface area contributed by atoms with Crippen LogP contribution in [0, 0.1) is 47.1 Å². The number of hydrogen-bond acceptors (Lipinski definition) is 22. The van der Waals surface area contributed by atoms with E-state index in [9.17, 15) is 62.7 Å². The number of aromatic nitrogens is 6. The van der Waals surface area contributed by atoms with E-state index in [1.807, 2.05) is 75.4 Å². The van der Waals surface area contributed by atoms with E-state index >= 15 is 0 Å². The van der Waals surface area contributed by atoms with Crippen molar-refractivity contribution >= 4 is 63.7 Å². The number of ketones is 1. The Kier molecular flexibility index (Phi) is 46.4. The van der Waals surface area contributed by atoms with E-state index in [0.29, 0.717) is 42.8 Å². The van der Waals surface area contributed by atoms with Gasteiger partial charge in [0.1, 0.15) is 17.4 Å². The molecule has 0 saturated carbocycles.